The summed E-state index contributed by atoms with van der Waals surface area (Å²) in [5.74, 6) is 0.926. The van der Waals surface area contributed by atoms with Crippen LogP contribution in [-0.4, -0.2) is 157 Å². The van der Waals surface area contributed by atoms with Crippen LogP contribution >= 0.6 is 0 Å². The van der Waals surface area contributed by atoms with E-state index in [4.69, 9.17) is 19.6 Å². The van der Waals surface area contributed by atoms with Crippen LogP contribution < -0.4 is 0 Å². The molecule has 0 saturated carbocycles. The smallest absolute Gasteiger partial charge is 0.379 e. The van der Waals surface area contributed by atoms with Crippen LogP contribution in [0.1, 0.15) is 13.8 Å². The van der Waals surface area contributed by atoms with Crippen molar-refractivity contribution in [1.82, 2.24) is 24.6 Å². The molecule has 0 bridgehead atoms. The number of hydrazone groups is 1. The van der Waals surface area contributed by atoms with Crippen LogP contribution in [0.2, 0.25) is 0 Å². The number of ether oxygens (including phenoxy) is 2. The maximum absolute atomic E-state index is 13.7. The van der Waals surface area contributed by atoms with Gasteiger partial charge in [-0.1, -0.05) is 4.99 Å². The van der Waals surface area contributed by atoms with Crippen LogP contribution in [0.4, 0.5) is 4.79 Å². The second-order valence-electron chi connectivity index (χ2n) is 9.36. The Kier molecular flexibility index (Phi) is 6.65. The standard InChI is InChI=1S/C22H35N8O4/c1-16-17(2)30-18-19(23-21(30)29(24-16)7-5-27-10-14-34-15-11-27)25(3)22(32)28(20(18)31)6-4-26-8-12-33-13-9-26/h17-18H,4-15H2,1-3H3/q+1. The van der Waals surface area contributed by atoms with E-state index >= 15 is 0 Å². The lowest BCUT2D eigenvalue weighted by molar-refractivity contribution is -0.559. The number of hydrogen-bond donors (Lipinski definition) is 0. The number of likely N-dealkylation sites (N-methyl/N-ethyl adjacent to an activating group) is 1. The molecule has 12 heteroatoms. The lowest BCUT2D eigenvalue weighted by atomic mass is 10.1. The van der Waals surface area contributed by atoms with Gasteiger partial charge < -0.3 is 9.47 Å². The van der Waals surface area contributed by atoms with E-state index in [9.17, 15) is 9.59 Å². The van der Waals surface area contributed by atoms with Crippen molar-refractivity contribution in [3.05, 3.63) is 0 Å². The third-order valence-corrected chi connectivity index (χ3v) is 7.34. The van der Waals surface area contributed by atoms with Crippen molar-refractivity contribution in [2.75, 3.05) is 85.8 Å². The molecule has 0 spiro atoms. The van der Waals surface area contributed by atoms with E-state index in [-0.39, 0.29) is 18.0 Å². The molecule has 5 heterocycles. The largest absolute Gasteiger partial charge is 0.416 e. The highest BCUT2D eigenvalue weighted by Gasteiger charge is 2.56. The molecular weight excluding hydrogens is 440 g/mol. The van der Waals surface area contributed by atoms with Gasteiger partial charge in [0.1, 0.15) is 12.6 Å². The van der Waals surface area contributed by atoms with Gasteiger partial charge in [0, 0.05) is 52.9 Å². The first kappa shape index (κ1) is 23.3. The monoisotopic (exact) mass is 475 g/mol. The Labute approximate surface area is 200 Å². The Morgan fingerprint density at radius 1 is 0.941 bits per heavy atom. The Balaban J connectivity index is 1.35. The van der Waals surface area contributed by atoms with Crippen molar-refractivity contribution in [2.24, 2.45) is 10.1 Å². The minimum absolute atomic E-state index is 0.0902. The molecular formula is C22H35N8O4+. The number of imide groups is 1. The van der Waals surface area contributed by atoms with E-state index in [1.165, 1.54) is 9.80 Å². The molecule has 5 aliphatic rings. The zero-order valence-corrected chi connectivity index (χ0v) is 20.4. The first-order chi connectivity index (χ1) is 16.5. The number of amidine groups is 1. The molecule has 0 radical (unpaired) electrons. The number of carbonyl (C=O) groups excluding carboxylic acids is 2. The molecule has 0 aliphatic carbocycles. The second-order valence-corrected chi connectivity index (χ2v) is 9.36. The van der Waals surface area contributed by atoms with Crippen molar-refractivity contribution in [1.29, 1.82) is 0 Å². The van der Waals surface area contributed by atoms with E-state index in [1.807, 2.05) is 23.4 Å². The van der Waals surface area contributed by atoms with Crippen molar-refractivity contribution in [3.8, 4) is 0 Å². The lowest BCUT2D eigenvalue weighted by Crippen LogP contribution is -2.65. The molecule has 34 heavy (non-hydrogen) atoms. The summed E-state index contributed by atoms with van der Waals surface area (Å²) < 4.78 is 12.9. The average molecular weight is 476 g/mol. The molecule has 5 rings (SSSR count). The third kappa shape index (κ3) is 4.23. The van der Waals surface area contributed by atoms with Crippen molar-refractivity contribution >= 4 is 29.4 Å². The third-order valence-electron chi connectivity index (χ3n) is 7.34. The highest BCUT2D eigenvalue weighted by molar-refractivity contribution is 6.23. The zero-order chi connectivity index (χ0) is 23.8. The predicted molar refractivity (Wildman–Crippen MR) is 125 cm³/mol. The highest BCUT2D eigenvalue weighted by Crippen LogP contribution is 2.25. The van der Waals surface area contributed by atoms with E-state index in [1.54, 1.807) is 7.05 Å². The normalized spacial score (nSPS) is 28.9. The molecule has 3 fully saturated rings. The van der Waals surface area contributed by atoms with Crippen LogP contribution in [0.3, 0.4) is 0 Å². The molecule has 12 nitrogen and oxygen atoms in total. The summed E-state index contributed by atoms with van der Waals surface area (Å²) in [5, 5.41) is 6.68. The van der Waals surface area contributed by atoms with Crippen LogP contribution in [0.15, 0.2) is 10.1 Å². The molecule has 186 valence electrons. The molecule has 3 amide bonds. The first-order valence-corrected chi connectivity index (χ1v) is 12.2. The fraction of sp³-hybridized carbons (Fsp3) is 0.773. The summed E-state index contributed by atoms with van der Waals surface area (Å²) in [6.07, 6.45) is 0. The summed E-state index contributed by atoms with van der Waals surface area (Å²) in [6.45, 7) is 12.8. The van der Waals surface area contributed by atoms with Crippen LogP contribution in [0.5, 0.6) is 0 Å². The molecule has 0 aromatic carbocycles. The maximum atomic E-state index is 13.7. The number of fused-ring (bicyclic) bond motifs is 2. The van der Waals surface area contributed by atoms with Crippen LogP contribution in [0, 0.1) is 0 Å². The first-order valence-electron chi connectivity index (χ1n) is 12.2. The highest BCUT2D eigenvalue weighted by atomic mass is 16.5. The minimum Gasteiger partial charge on any atom is -0.379 e. The molecule has 0 N–H and O–H groups in total. The minimum atomic E-state index is -0.617. The lowest BCUT2D eigenvalue weighted by Gasteiger charge is -2.37. The fourth-order valence-corrected chi connectivity index (χ4v) is 5.06. The number of nitrogens with zero attached hydrogens (tertiary/aromatic N) is 8. The fourth-order valence-electron chi connectivity index (χ4n) is 5.06. The molecule has 2 unspecified atom stereocenters. The van der Waals surface area contributed by atoms with Crippen LogP contribution in [-0.2, 0) is 14.3 Å². The molecule has 3 saturated heterocycles. The van der Waals surface area contributed by atoms with Crippen molar-refractivity contribution in [3.63, 3.8) is 0 Å². The van der Waals surface area contributed by atoms with Crippen LogP contribution in [0.25, 0.3) is 0 Å². The van der Waals surface area contributed by atoms with Crippen molar-refractivity contribution < 1.29 is 23.6 Å². The summed E-state index contributed by atoms with van der Waals surface area (Å²) in [7, 11) is 1.71. The number of morpholine rings is 2. The maximum Gasteiger partial charge on any atom is 0.416 e. The molecule has 2 atom stereocenters. The van der Waals surface area contributed by atoms with E-state index < -0.39 is 6.04 Å². The summed E-state index contributed by atoms with van der Waals surface area (Å²) in [5.41, 5.74) is 0.925. The summed E-state index contributed by atoms with van der Waals surface area (Å²) >= 11 is 0. The topological polar surface area (TPSA) is 96.5 Å². The van der Waals surface area contributed by atoms with Gasteiger partial charge in [-0.3, -0.25) is 24.4 Å². The number of urea groups is 1. The number of carbonyl (C=O) groups is 2. The van der Waals surface area contributed by atoms with Gasteiger partial charge in [-0.2, -0.15) is 0 Å². The van der Waals surface area contributed by atoms with E-state index in [2.05, 4.69) is 9.80 Å². The molecule has 0 aromatic heterocycles. The van der Waals surface area contributed by atoms with E-state index in [0.717, 1.165) is 51.6 Å². The quantitative estimate of drug-likeness (QED) is 0.444. The average Bonchev–Trinajstić information content (AvgIpc) is 3.27. The van der Waals surface area contributed by atoms with Gasteiger partial charge in [0.25, 0.3) is 5.91 Å². The predicted octanol–water partition coefficient (Wildman–Crippen LogP) is -1.23. The Morgan fingerprint density at radius 2 is 1.53 bits per heavy atom. The summed E-state index contributed by atoms with van der Waals surface area (Å²) in [4.78, 5) is 39.1. The van der Waals surface area contributed by atoms with Gasteiger partial charge in [-0.05, 0) is 13.8 Å². The molecule has 5 aliphatic heterocycles. The summed E-state index contributed by atoms with van der Waals surface area (Å²) in [6, 6.07) is -1.03. The van der Waals surface area contributed by atoms with Gasteiger partial charge in [0.2, 0.25) is 11.9 Å². The van der Waals surface area contributed by atoms with Gasteiger partial charge in [0.15, 0.2) is 0 Å². The van der Waals surface area contributed by atoms with Gasteiger partial charge in [-0.25, -0.2) is 9.37 Å². The number of aliphatic imine (C=N–C) groups is 1. The Bertz CT molecular complexity index is 922. The number of hydrogen-bond acceptors (Lipinski definition) is 9. The second kappa shape index (κ2) is 9.68. The Hall–Kier alpha value is -2.41. The van der Waals surface area contributed by atoms with Gasteiger partial charge in [-0.15, -0.1) is 10.1 Å². The SMILES string of the molecule is CC1=NN(CCN2CCOCC2)C2=[N+](C1C)C1C(=O)N(CCN3CCOCC3)C(=O)N(C)C1=N2. The van der Waals surface area contributed by atoms with E-state index in [0.29, 0.717) is 44.6 Å². The van der Waals surface area contributed by atoms with Crippen molar-refractivity contribution in [2.45, 2.75) is 25.9 Å². The number of guanidine groups is 1. The van der Waals surface area contributed by atoms with Gasteiger partial charge in [0.05, 0.1) is 32.1 Å². The zero-order valence-electron chi connectivity index (χ0n) is 20.4. The number of amides is 3. The van der Waals surface area contributed by atoms with Gasteiger partial charge >= 0.3 is 12.0 Å². The number of rotatable bonds is 6. The molecule has 0 aromatic rings. The Morgan fingerprint density at radius 3 is 2.15 bits per heavy atom.